The number of urea groups is 1. The van der Waals surface area contributed by atoms with E-state index >= 15 is 0 Å². The average molecular weight is 432 g/mol. The maximum Gasteiger partial charge on any atom is 0.338 e. The number of ether oxygens (including phenoxy) is 2. The predicted molar refractivity (Wildman–Crippen MR) is 98.2 cm³/mol. The van der Waals surface area contributed by atoms with Crippen LogP contribution in [0.1, 0.15) is 17.3 Å². The Kier molecular flexibility index (Phi) is 7.00. The predicted octanol–water partition coefficient (Wildman–Crippen LogP) is 0.535. The van der Waals surface area contributed by atoms with Crippen LogP contribution >= 0.6 is 11.6 Å². The minimum Gasteiger partial charge on any atom is -0.463 e. The fourth-order valence-corrected chi connectivity index (χ4v) is 3.49. The quantitative estimate of drug-likeness (QED) is 0.535. The number of esters is 2. The first-order chi connectivity index (χ1) is 13.2. The van der Waals surface area contributed by atoms with Crippen LogP contribution < -0.4 is 15.4 Å². The van der Waals surface area contributed by atoms with Crippen LogP contribution in [-0.2, 0) is 24.3 Å². The Hall–Kier alpha value is -2.63. The lowest BCUT2D eigenvalue weighted by Gasteiger charge is -2.21. The van der Waals surface area contributed by atoms with Crippen molar-refractivity contribution in [3.63, 3.8) is 0 Å². The molecule has 2 amide bonds. The third-order valence-electron chi connectivity index (χ3n) is 3.65. The van der Waals surface area contributed by atoms with E-state index in [1.165, 1.54) is 19.2 Å². The van der Waals surface area contributed by atoms with Gasteiger partial charge in [0.2, 0.25) is 10.0 Å². The van der Waals surface area contributed by atoms with Gasteiger partial charge in [-0.2, -0.15) is 0 Å². The minimum absolute atomic E-state index is 0.0659. The molecule has 28 heavy (non-hydrogen) atoms. The van der Waals surface area contributed by atoms with Gasteiger partial charge in [-0.15, -0.1) is 0 Å². The molecule has 0 aromatic heterocycles. The summed E-state index contributed by atoms with van der Waals surface area (Å²) in [7, 11) is -2.67. The van der Waals surface area contributed by atoms with Crippen LogP contribution in [0.5, 0.6) is 0 Å². The second-order valence-electron chi connectivity index (χ2n) is 5.41. The smallest absolute Gasteiger partial charge is 0.338 e. The zero-order valence-corrected chi connectivity index (χ0v) is 16.6. The molecule has 0 atom stereocenters. The maximum atomic E-state index is 12.3. The molecular formula is C16H18ClN3O7S. The molecule has 0 radical (unpaired) electrons. The highest BCUT2D eigenvalue weighted by Gasteiger charge is 2.25. The largest absolute Gasteiger partial charge is 0.463 e. The Labute approximate surface area is 166 Å². The first-order valence-electron chi connectivity index (χ1n) is 8.03. The van der Waals surface area contributed by atoms with Gasteiger partial charge in [-0.1, -0.05) is 11.6 Å². The number of carbonyl (C=O) groups excluding carboxylic acids is 3. The molecule has 0 saturated carbocycles. The first-order valence-corrected chi connectivity index (χ1v) is 9.90. The fourth-order valence-electron chi connectivity index (χ4n) is 2.24. The molecule has 12 heteroatoms. The number of rotatable bonds is 7. The molecule has 1 aromatic carbocycles. The van der Waals surface area contributed by atoms with Crippen LogP contribution in [-0.4, -0.2) is 53.2 Å². The summed E-state index contributed by atoms with van der Waals surface area (Å²) >= 11 is 5.88. The van der Waals surface area contributed by atoms with Gasteiger partial charge in [-0.25, -0.2) is 27.5 Å². The molecule has 3 N–H and O–H groups in total. The van der Waals surface area contributed by atoms with Crippen molar-refractivity contribution in [2.45, 2.75) is 11.8 Å². The Morgan fingerprint density at radius 3 is 2.61 bits per heavy atom. The zero-order chi connectivity index (χ0) is 20.9. The van der Waals surface area contributed by atoms with Crippen LogP contribution in [0.4, 0.5) is 4.79 Å². The van der Waals surface area contributed by atoms with Crippen LogP contribution in [0.3, 0.4) is 0 Å². The van der Waals surface area contributed by atoms with Crippen molar-refractivity contribution in [2.24, 2.45) is 0 Å². The first kappa shape index (κ1) is 21.7. The summed E-state index contributed by atoms with van der Waals surface area (Å²) in [4.78, 5) is 35.5. The van der Waals surface area contributed by atoms with E-state index in [0.29, 0.717) is 0 Å². The maximum absolute atomic E-state index is 12.3. The number of nitrogens with one attached hydrogen (secondary N) is 3. The van der Waals surface area contributed by atoms with Crippen molar-refractivity contribution in [3.05, 3.63) is 40.1 Å². The van der Waals surface area contributed by atoms with Crippen LogP contribution in [0, 0.1) is 0 Å². The van der Waals surface area contributed by atoms with E-state index in [4.69, 9.17) is 21.1 Å². The number of sulfonamides is 1. The summed E-state index contributed by atoms with van der Waals surface area (Å²) in [6.45, 7) is 1.27. The lowest BCUT2D eigenvalue weighted by atomic mass is 10.1. The number of amides is 2. The molecule has 1 aliphatic heterocycles. The summed E-state index contributed by atoms with van der Waals surface area (Å²) in [6.07, 6.45) is 0. The van der Waals surface area contributed by atoms with Gasteiger partial charge < -0.3 is 20.1 Å². The van der Waals surface area contributed by atoms with Gasteiger partial charge in [0, 0.05) is 0 Å². The number of carbonyl (C=O) groups is 3. The van der Waals surface area contributed by atoms with E-state index in [-0.39, 0.29) is 39.9 Å². The number of hydrogen-bond donors (Lipinski definition) is 3. The summed E-state index contributed by atoms with van der Waals surface area (Å²) in [5.41, 5.74) is 0.119. The molecule has 0 spiro atoms. The molecule has 2 rings (SSSR count). The lowest BCUT2D eigenvalue weighted by Crippen LogP contribution is -2.45. The van der Waals surface area contributed by atoms with Gasteiger partial charge in [0.05, 0.1) is 35.0 Å². The monoisotopic (exact) mass is 431 g/mol. The van der Waals surface area contributed by atoms with Gasteiger partial charge in [0.25, 0.3) is 0 Å². The molecule has 0 unspecified atom stereocenters. The van der Waals surface area contributed by atoms with Crippen LogP contribution in [0.2, 0.25) is 5.02 Å². The molecule has 10 nitrogen and oxygen atoms in total. The van der Waals surface area contributed by atoms with Gasteiger partial charge >= 0.3 is 18.0 Å². The summed E-state index contributed by atoms with van der Waals surface area (Å²) < 4.78 is 36.0. The van der Waals surface area contributed by atoms with Crippen molar-refractivity contribution < 1.29 is 32.3 Å². The Balaban J connectivity index is 2.21. The number of hydrogen-bond acceptors (Lipinski definition) is 7. The molecule has 1 aliphatic rings. The summed E-state index contributed by atoms with van der Waals surface area (Å²) in [6, 6.07) is 3.05. The van der Waals surface area contributed by atoms with Crippen molar-refractivity contribution >= 4 is 39.6 Å². The molecule has 0 bridgehead atoms. The second-order valence-corrected chi connectivity index (χ2v) is 7.68. The van der Waals surface area contributed by atoms with E-state index in [1.54, 1.807) is 6.92 Å². The minimum atomic E-state index is -3.88. The van der Waals surface area contributed by atoms with E-state index in [1.807, 2.05) is 0 Å². The molecule has 1 aromatic rings. The van der Waals surface area contributed by atoms with E-state index < -0.39 is 34.6 Å². The Bertz CT molecular complexity index is 944. The lowest BCUT2D eigenvalue weighted by molar-refractivity contribution is -0.138. The standard InChI is InChI=1S/C16H18ClN3O7S/c1-3-26-15(22)10-7-19-16(23)20-12(10)8-27-14(21)9-4-5-11(17)13(6-9)28(24,25)18-2/h4-6,18H,3,7-8H2,1-2H3,(H2,19,20,23). The van der Waals surface area contributed by atoms with Crippen LogP contribution in [0.15, 0.2) is 34.4 Å². The normalized spacial score (nSPS) is 14.2. The van der Waals surface area contributed by atoms with Gasteiger partial charge in [0.15, 0.2) is 0 Å². The third-order valence-corrected chi connectivity index (χ3v) is 5.54. The highest BCUT2D eigenvalue weighted by Crippen LogP contribution is 2.23. The molecule has 0 fully saturated rings. The molecule has 0 saturated heterocycles. The van der Waals surface area contributed by atoms with E-state index in [9.17, 15) is 22.8 Å². The van der Waals surface area contributed by atoms with Crippen molar-refractivity contribution in [1.82, 2.24) is 15.4 Å². The summed E-state index contributed by atoms with van der Waals surface area (Å²) in [5, 5.41) is 4.75. The molecule has 0 aliphatic carbocycles. The Morgan fingerprint density at radius 2 is 1.96 bits per heavy atom. The highest BCUT2D eigenvalue weighted by atomic mass is 35.5. The zero-order valence-electron chi connectivity index (χ0n) is 15.0. The van der Waals surface area contributed by atoms with Crippen LogP contribution in [0.25, 0.3) is 0 Å². The SMILES string of the molecule is CCOC(=O)C1=C(COC(=O)c2ccc(Cl)c(S(=O)(=O)NC)c2)NC(=O)NC1. The van der Waals surface area contributed by atoms with Gasteiger partial charge in [0.1, 0.15) is 11.5 Å². The fraction of sp³-hybridized carbons (Fsp3) is 0.312. The van der Waals surface area contributed by atoms with E-state index in [2.05, 4.69) is 15.4 Å². The van der Waals surface area contributed by atoms with Crippen molar-refractivity contribution in [1.29, 1.82) is 0 Å². The second kappa shape index (κ2) is 9.04. The number of benzene rings is 1. The molecule has 152 valence electrons. The van der Waals surface area contributed by atoms with Gasteiger partial charge in [-0.05, 0) is 32.2 Å². The Morgan fingerprint density at radius 1 is 1.25 bits per heavy atom. The van der Waals surface area contributed by atoms with Crippen molar-refractivity contribution in [3.8, 4) is 0 Å². The molecule has 1 heterocycles. The third kappa shape index (κ3) is 5.00. The summed E-state index contributed by atoms with van der Waals surface area (Å²) in [5.74, 6) is -1.53. The van der Waals surface area contributed by atoms with Crippen molar-refractivity contribution in [2.75, 3.05) is 26.8 Å². The van der Waals surface area contributed by atoms with E-state index in [0.717, 1.165) is 6.07 Å². The number of halogens is 1. The average Bonchev–Trinajstić information content (AvgIpc) is 2.66. The molecular weight excluding hydrogens is 414 g/mol. The topological polar surface area (TPSA) is 140 Å². The van der Waals surface area contributed by atoms with Gasteiger partial charge in [-0.3, -0.25) is 0 Å². The highest BCUT2D eigenvalue weighted by molar-refractivity contribution is 7.89.